The zero-order valence-corrected chi connectivity index (χ0v) is 9.51. The molecule has 2 aromatic rings. The van der Waals surface area contributed by atoms with Crippen molar-refractivity contribution in [2.45, 2.75) is 19.9 Å². The molecule has 0 radical (unpaired) electrons. The van der Waals surface area contributed by atoms with Gasteiger partial charge in [0.2, 0.25) is 0 Å². The maximum atomic E-state index is 4.34. The first-order chi connectivity index (χ1) is 7.77. The van der Waals surface area contributed by atoms with Gasteiger partial charge in [-0.1, -0.05) is 6.07 Å². The molecule has 2 rings (SSSR count). The number of aromatic nitrogens is 2. The number of hydrogen-bond donors (Lipinski definition) is 1. The van der Waals surface area contributed by atoms with Crippen molar-refractivity contribution in [2.24, 2.45) is 0 Å². The predicted molar refractivity (Wildman–Crippen MR) is 66.2 cm³/mol. The van der Waals surface area contributed by atoms with Gasteiger partial charge >= 0.3 is 0 Å². The Bertz CT molecular complexity index is 452. The SMILES string of the molecule is CC(C)Nc1ncccc1-c1ccccn1. The van der Waals surface area contributed by atoms with E-state index in [1.54, 1.807) is 12.4 Å². The number of rotatable bonds is 3. The zero-order valence-electron chi connectivity index (χ0n) is 9.51. The molecular weight excluding hydrogens is 198 g/mol. The monoisotopic (exact) mass is 213 g/mol. The summed E-state index contributed by atoms with van der Waals surface area (Å²) in [6, 6.07) is 10.2. The smallest absolute Gasteiger partial charge is 0.135 e. The minimum atomic E-state index is 0.359. The molecule has 0 fully saturated rings. The van der Waals surface area contributed by atoms with E-state index in [-0.39, 0.29) is 0 Å². The van der Waals surface area contributed by atoms with Gasteiger partial charge in [-0.05, 0) is 38.1 Å². The van der Waals surface area contributed by atoms with Crippen LogP contribution in [0.3, 0.4) is 0 Å². The van der Waals surface area contributed by atoms with Gasteiger partial charge < -0.3 is 5.32 Å². The summed E-state index contributed by atoms with van der Waals surface area (Å²) in [6.45, 7) is 4.19. The van der Waals surface area contributed by atoms with Gasteiger partial charge in [-0.25, -0.2) is 4.98 Å². The molecule has 0 amide bonds. The zero-order chi connectivity index (χ0) is 11.4. The fourth-order valence-corrected chi connectivity index (χ4v) is 1.52. The molecule has 16 heavy (non-hydrogen) atoms. The van der Waals surface area contributed by atoms with E-state index in [9.17, 15) is 0 Å². The lowest BCUT2D eigenvalue weighted by Gasteiger charge is -2.12. The summed E-state index contributed by atoms with van der Waals surface area (Å²) in [5.41, 5.74) is 1.98. The maximum Gasteiger partial charge on any atom is 0.135 e. The largest absolute Gasteiger partial charge is 0.367 e. The molecule has 3 heteroatoms. The van der Waals surface area contributed by atoms with Crippen molar-refractivity contribution >= 4 is 5.82 Å². The third kappa shape index (κ3) is 2.37. The number of anilines is 1. The Morgan fingerprint density at radius 2 is 1.81 bits per heavy atom. The molecule has 0 aromatic carbocycles. The molecule has 3 nitrogen and oxygen atoms in total. The second-order valence-corrected chi connectivity index (χ2v) is 3.91. The minimum absolute atomic E-state index is 0.359. The Hall–Kier alpha value is -1.90. The van der Waals surface area contributed by atoms with Crippen LogP contribution >= 0.6 is 0 Å². The van der Waals surface area contributed by atoms with Gasteiger partial charge in [0.05, 0.1) is 5.69 Å². The first kappa shape index (κ1) is 10.6. The normalized spacial score (nSPS) is 10.4. The standard InChI is InChI=1S/C13H15N3/c1-10(2)16-13-11(6-5-9-15-13)12-7-3-4-8-14-12/h3-10H,1-2H3,(H,15,16). The molecule has 0 bridgehead atoms. The molecule has 0 aliphatic carbocycles. The highest BCUT2D eigenvalue weighted by Crippen LogP contribution is 2.23. The lowest BCUT2D eigenvalue weighted by molar-refractivity contribution is 0.889. The highest BCUT2D eigenvalue weighted by atomic mass is 15.0. The Labute approximate surface area is 95.6 Å². The van der Waals surface area contributed by atoms with Crippen LogP contribution in [0.15, 0.2) is 42.7 Å². The van der Waals surface area contributed by atoms with Crippen LogP contribution < -0.4 is 5.32 Å². The molecular formula is C13H15N3. The predicted octanol–water partition coefficient (Wildman–Crippen LogP) is 2.96. The van der Waals surface area contributed by atoms with Gasteiger partial charge in [-0.3, -0.25) is 4.98 Å². The second-order valence-electron chi connectivity index (χ2n) is 3.91. The van der Waals surface area contributed by atoms with E-state index in [1.807, 2.05) is 30.3 Å². The number of hydrogen-bond acceptors (Lipinski definition) is 3. The van der Waals surface area contributed by atoms with Crippen molar-refractivity contribution in [3.05, 3.63) is 42.7 Å². The summed E-state index contributed by atoms with van der Waals surface area (Å²) >= 11 is 0. The molecule has 0 aliphatic rings. The summed E-state index contributed by atoms with van der Waals surface area (Å²) in [7, 11) is 0. The van der Waals surface area contributed by atoms with Crippen LogP contribution in [0.25, 0.3) is 11.3 Å². The number of nitrogens with one attached hydrogen (secondary N) is 1. The van der Waals surface area contributed by atoms with E-state index in [4.69, 9.17) is 0 Å². The van der Waals surface area contributed by atoms with Crippen LogP contribution in [0, 0.1) is 0 Å². The third-order valence-corrected chi connectivity index (χ3v) is 2.17. The molecule has 1 N–H and O–H groups in total. The van der Waals surface area contributed by atoms with Crippen LogP contribution in [0.4, 0.5) is 5.82 Å². The van der Waals surface area contributed by atoms with Crippen molar-refractivity contribution in [1.82, 2.24) is 9.97 Å². The molecule has 0 aliphatic heterocycles. The fourth-order valence-electron chi connectivity index (χ4n) is 1.52. The summed E-state index contributed by atoms with van der Waals surface area (Å²) in [5.74, 6) is 0.885. The van der Waals surface area contributed by atoms with Crippen LogP contribution in [0.2, 0.25) is 0 Å². The maximum absolute atomic E-state index is 4.34. The van der Waals surface area contributed by atoms with E-state index in [1.165, 1.54) is 0 Å². The van der Waals surface area contributed by atoms with Crippen LogP contribution in [0.1, 0.15) is 13.8 Å². The van der Waals surface area contributed by atoms with Gasteiger partial charge in [0.25, 0.3) is 0 Å². The second kappa shape index (κ2) is 4.75. The van der Waals surface area contributed by atoms with Crippen molar-refractivity contribution in [3.63, 3.8) is 0 Å². The lowest BCUT2D eigenvalue weighted by Crippen LogP contribution is -2.11. The molecule has 0 unspecified atom stereocenters. The highest BCUT2D eigenvalue weighted by molar-refractivity contribution is 5.72. The van der Waals surface area contributed by atoms with Gasteiger partial charge in [-0.2, -0.15) is 0 Å². The van der Waals surface area contributed by atoms with Crippen molar-refractivity contribution in [3.8, 4) is 11.3 Å². The van der Waals surface area contributed by atoms with Crippen molar-refractivity contribution < 1.29 is 0 Å². The van der Waals surface area contributed by atoms with E-state index >= 15 is 0 Å². The molecule has 2 heterocycles. The van der Waals surface area contributed by atoms with Gasteiger partial charge in [0, 0.05) is 24.0 Å². The lowest BCUT2D eigenvalue weighted by atomic mass is 10.1. The van der Waals surface area contributed by atoms with Crippen LogP contribution in [0.5, 0.6) is 0 Å². The summed E-state index contributed by atoms with van der Waals surface area (Å²) in [6.07, 6.45) is 3.58. The van der Waals surface area contributed by atoms with Crippen LogP contribution in [-0.2, 0) is 0 Å². The fraction of sp³-hybridized carbons (Fsp3) is 0.231. The summed E-state index contributed by atoms with van der Waals surface area (Å²) < 4.78 is 0. The van der Waals surface area contributed by atoms with Gasteiger partial charge in [0.1, 0.15) is 5.82 Å². The third-order valence-electron chi connectivity index (χ3n) is 2.17. The molecule has 0 spiro atoms. The van der Waals surface area contributed by atoms with Gasteiger partial charge in [0.15, 0.2) is 0 Å². The average molecular weight is 213 g/mol. The minimum Gasteiger partial charge on any atom is -0.367 e. The van der Waals surface area contributed by atoms with Gasteiger partial charge in [-0.15, -0.1) is 0 Å². The van der Waals surface area contributed by atoms with E-state index in [0.29, 0.717) is 6.04 Å². The van der Waals surface area contributed by atoms with Crippen LogP contribution in [-0.4, -0.2) is 16.0 Å². The molecule has 2 aromatic heterocycles. The first-order valence-electron chi connectivity index (χ1n) is 5.40. The van der Waals surface area contributed by atoms with E-state index in [2.05, 4.69) is 29.1 Å². The highest BCUT2D eigenvalue weighted by Gasteiger charge is 2.06. The Morgan fingerprint density at radius 3 is 2.50 bits per heavy atom. The number of nitrogens with zero attached hydrogens (tertiary/aromatic N) is 2. The van der Waals surface area contributed by atoms with Crippen molar-refractivity contribution in [2.75, 3.05) is 5.32 Å². The topological polar surface area (TPSA) is 37.8 Å². The summed E-state index contributed by atoms with van der Waals surface area (Å²) in [5, 5.41) is 3.32. The first-order valence-corrected chi connectivity index (χ1v) is 5.40. The Balaban J connectivity index is 2.41. The molecule has 82 valence electrons. The Kier molecular flexibility index (Phi) is 3.15. The molecule has 0 saturated carbocycles. The average Bonchev–Trinajstić information content (AvgIpc) is 2.30. The molecule has 0 atom stereocenters. The summed E-state index contributed by atoms with van der Waals surface area (Å²) in [4.78, 5) is 8.68. The molecule has 0 saturated heterocycles. The van der Waals surface area contributed by atoms with Crippen molar-refractivity contribution in [1.29, 1.82) is 0 Å². The number of pyridine rings is 2. The Morgan fingerprint density at radius 1 is 1.00 bits per heavy atom. The quantitative estimate of drug-likeness (QED) is 0.851. The van der Waals surface area contributed by atoms with E-state index < -0.39 is 0 Å². The van der Waals surface area contributed by atoms with E-state index in [0.717, 1.165) is 17.1 Å².